The number of para-hydroxylation sites is 1. The van der Waals surface area contributed by atoms with E-state index in [-0.39, 0.29) is 0 Å². The Kier molecular flexibility index (Phi) is 9.41. The lowest BCUT2D eigenvalue weighted by molar-refractivity contribution is 1.07. The van der Waals surface area contributed by atoms with E-state index in [9.17, 15) is 5.26 Å². The van der Waals surface area contributed by atoms with E-state index in [1.807, 2.05) is 133 Å². The molecule has 294 valence electrons. The number of hydrogen-bond donors (Lipinski definition) is 0. The zero-order chi connectivity index (χ0) is 42.1. The summed E-state index contributed by atoms with van der Waals surface area (Å²) >= 11 is 0. The molecular formula is C56H35N7. The van der Waals surface area contributed by atoms with Crippen molar-refractivity contribution in [3.8, 4) is 90.9 Å². The van der Waals surface area contributed by atoms with Gasteiger partial charge in [-0.1, -0.05) is 164 Å². The number of fused-ring (bicyclic) bond motifs is 3. The van der Waals surface area contributed by atoms with E-state index in [1.165, 1.54) is 0 Å². The molecule has 0 atom stereocenters. The normalized spacial score (nSPS) is 11.2. The minimum absolute atomic E-state index is 0.541. The van der Waals surface area contributed by atoms with E-state index < -0.39 is 0 Å². The van der Waals surface area contributed by atoms with E-state index in [0.29, 0.717) is 28.9 Å². The van der Waals surface area contributed by atoms with Crippen LogP contribution in [0.25, 0.3) is 107 Å². The maximum Gasteiger partial charge on any atom is 0.164 e. The first-order chi connectivity index (χ1) is 31.2. The molecule has 0 N–H and O–H groups in total. The Bertz CT molecular complexity index is 3390. The van der Waals surface area contributed by atoms with Crippen molar-refractivity contribution >= 4 is 21.8 Å². The van der Waals surface area contributed by atoms with Crippen molar-refractivity contribution < 1.29 is 0 Å². The second-order valence-corrected chi connectivity index (χ2v) is 15.2. The fourth-order valence-corrected chi connectivity index (χ4v) is 8.30. The molecule has 0 unspecified atom stereocenters. The molecule has 11 rings (SSSR count). The van der Waals surface area contributed by atoms with Crippen LogP contribution in [0.15, 0.2) is 212 Å². The zero-order valence-electron chi connectivity index (χ0n) is 33.8. The van der Waals surface area contributed by atoms with Crippen LogP contribution < -0.4 is 0 Å². The highest BCUT2D eigenvalue weighted by molar-refractivity contribution is 6.11. The predicted molar refractivity (Wildman–Crippen MR) is 253 cm³/mol. The van der Waals surface area contributed by atoms with Gasteiger partial charge in [-0.15, -0.1) is 0 Å². The molecular weight excluding hydrogens is 771 g/mol. The second kappa shape index (κ2) is 16.0. The Morgan fingerprint density at radius 1 is 0.333 bits per heavy atom. The van der Waals surface area contributed by atoms with Crippen molar-refractivity contribution in [1.29, 1.82) is 5.26 Å². The van der Waals surface area contributed by atoms with E-state index in [2.05, 4.69) is 89.5 Å². The minimum atomic E-state index is 0.541. The Hall–Kier alpha value is -8.86. The second-order valence-electron chi connectivity index (χ2n) is 15.2. The van der Waals surface area contributed by atoms with Crippen molar-refractivity contribution in [1.82, 2.24) is 29.5 Å². The van der Waals surface area contributed by atoms with Gasteiger partial charge >= 0.3 is 0 Å². The van der Waals surface area contributed by atoms with E-state index in [4.69, 9.17) is 24.9 Å². The van der Waals surface area contributed by atoms with Crippen LogP contribution in [-0.2, 0) is 0 Å². The van der Waals surface area contributed by atoms with Gasteiger partial charge in [0.15, 0.2) is 23.3 Å². The van der Waals surface area contributed by atoms with Crippen LogP contribution in [0.3, 0.4) is 0 Å². The highest BCUT2D eigenvalue weighted by Gasteiger charge is 2.21. The van der Waals surface area contributed by atoms with Crippen molar-refractivity contribution in [2.45, 2.75) is 0 Å². The van der Waals surface area contributed by atoms with E-state index >= 15 is 0 Å². The molecule has 0 radical (unpaired) electrons. The van der Waals surface area contributed by atoms with Crippen molar-refractivity contribution in [3.05, 3.63) is 218 Å². The molecule has 0 amide bonds. The SMILES string of the molecule is N#Cc1ccccc1-c1ccc2c(c1)c1ccccc1n2-c1ccc(-c2nc(-c3ccccc3)nc(-c3ccccc3)n2)cc1-c1cc(-c2ccccc2)nc(-c2ccccc2)n1. The van der Waals surface area contributed by atoms with Crippen LogP contribution >= 0.6 is 0 Å². The fraction of sp³-hybridized carbons (Fsp3) is 0. The maximum atomic E-state index is 10.0. The standard InChI is InChI=1S/C56H35N7/c57-36-43-25-13-14-26-44(43)41-29-31-51-46(33-41)45-27-15-16-28-50(45)63(51)52-32-30-42(56-61-54(39-21-9-3-10-22-39)60-55(62-56)40-23-11-4-12-24-40)34-47(52)49-35-48(37-17-5-1-6-18-37)58-53(59-49)38-19-7-2-8-20-38/h1-35H. The van der Waals surface area contributed by atoms with Gasteiger partial charge in [-0.2, -0.15) is 5.26 Å². The molecule has 63 heavy (non-hydrogen) atoms. The Morgan fingerprint density at radius 2 is 0.825 bits per heavy atom. The lowest BCUT2D eigenvalue weighted by Crippen LogP contribution is -2.03. The third-order valence-electron chi connectivity index (χ3n) is 11.3. The van der Waals surface area contributed by atoms with Gasteiger partial charge in [0, 0.05) is 44.2 Å². The number of benzene rings is 8. The molecule has 0 bridgehead atoms. The highest BCUT2D eigenvalue weighted by atomic mass is 15.0. The Balaban J connectivity index is 1.20. The summed E-state index contributed by atoms with van der Waals surface area (Å²) in [5.74, 6) is 2.32. The predicted octanol–water partition coefficient (Wildman–Crippen LogP) is 13.3. The topological polar surface area (TPSA) is 93.2 Å². The van der Waals surface area contributed by atoms with Crippen LogP contribution in [0.2, 0.25) is 0 Å². The number of aromatic nitrogens is 6. The number of nitriles is 1. The molecule has 7 nitrogen and oxygen atoms in total. The molecule has 0 fully saturated rings. The van der Waals surface area contributed by atoms with Crippen LogP contribution in [0.1, 0.15) is 5.56 Å². The summed E-state index contributed by atoms with van der Waals surface area (Å²) in [7, 11) is 0. The van der Waals surface area contributed by atoms with Gasteiger partial charge in [-0.25, -0.2) is 24.9 Å². The van der Waals surface area contributed by atoms with Crippen LogP contribution in [-0.4, -0.2) is 29.5 Å². The molecule has 0 aliphatic carbocycles. The third-order valence-corrected chi connectivity index (χ3v) is 11.3. The molecule has 11 aromatic rings. The number of hydrogen-bond acceptors (Lipinski definition) is 6. The summed E-state index contributed by atoms with van der Waals surface area (Å²) < 4.78 is 2.31. The van der Waals surface area contributed by atoms with Crippen molar-refractivity contribution in [2.75, 3.05) is 0 Å². The van der Waals surface area contributed by atoms with E-state index in [0.717, 1.165) is 83.4 Å². The molecule has 8 aromatic carbocycles. The van der Waals surface area contributed by atoms with E-state index in [1.54, 1.807) is 0 Å². The Morgan fingerprint density at radius 3 is 1.46 bits per heavy atom. The van der Waals surface area contributed by atoms with Crippen LogP contribution in [0.5, 0.6) is 0 Å². The summed E-state index contributed by atoms with van der Waals surface area (Å²) in [5.41, 5.74) is 12.4. The molecule has 0 spiro atoms. The van der Waals surface area contributed by atoms with Crippen LogP contribution in [0.4, 0.5) is 0 Å². The minimum Gasteiger partial charge on any atom is -0.309 e. The smallest absolute Gasteiger partial charge is 0.164 e. The average Bonchev–Trinajstić information content (AvgIpc) is 3.70. The Labute approximate surface area is 364 Å². The summed E-state index contributed by atoms with van der Waals surface area (Å²) in [6.45, 7) is 0. The average molecular weight is 806 g/mol. The summed E-state index contributed by atoms with van der Waals surface area (Å²) in [5, 5.41) is 12.2. The van der Waals surface area contributed by atoms with Gasteiger partial charge in [0.2, 0.25) is 0 Å². The summed E-state index contributed by atoms with van der Waals surface area (Å²) in [4.78, 5) is 25.7. The molecule has 0 saturated carbocycles. The lowest BCUT2D eigenvalue weighted by Gasteiger charge is -2.17. The quantitative estimate of drug-likeness (QED) is 0.152. The van der Waals surface area contributed by atoms with Gasteiger partial charge in [0.1, 0.15) is 0 Å². The fourth-order valence-electron chi connectivity index (χ4n) is 8.30. The molecule has 3 aromatic heterocycles. The van der Waals surface area contributed by atoms with Gasteiger partial charge < -0.3 is 4.57 Å². The van der Waals surface area contributed by atoms with Gasteiger partial charge in [0.25, 0.3) is 0 Å². The molecule has 0 saturated heterocycles. The van der Waals surface area contributed by atoms with Crippen LogP contribution in [0, 0.1) is 11.3 Å². The van der Waals surface area contributed by atoms with Gasteiger partial charge in [-0.05, 0) is 59.7 Å². The largest absolute Gasteiger partial charge is 0.309 e. The molecule has 0 aliphatic rings. The monoisotopic (exact) mass is 805 g/mol. The first kappa shape index (κ1) is 37.2. The summed E-state index contributed by atoms with van der Waals surface area (Å²) in [6.07, 6.45) is 0. The summed E-state index contributed by atoms with van der Waals surface area (Å²) in [6, 6.07) is 73.9. The zero-order valence-corrected chi connectivity index (χ0v) is 33.8. The number of rotatable bonds is 8. The molecule has 0 aliphatic heterocycles. The first-order valence-electron chi connectivity index (χ1n) is 20.7. The van der Waals surface area contributed by atoms with Gasteiger partial charge in [-0.3, -0.25) is 0 Å². The van der Waals surface area contributed by atoms with Crippen molar-refractivity contribution in [3.63, 3.8) is 0 Å². The third kappa shape index (κ3) is 6.98. The molecule has 7 heteroatoms. The maximum absolute atomic E-state index is 10.0. The lowest BCUT2D eigenvalue weighted by atomic mass is 9.98. The highest BCUT2D eigenvalue weighted by Crippen LogP contribution is 2.40. The first-order valence-corrected chi connectivity index (χ1v) is 20.7. The van der Waals surface area contributed by atoms with Crippen molar-refractivity contribution in [2.24, 2.45) is 0 Å². The van der Waals surface area contributed by atoms with Gasteiger partial charge in [0.05, 0.1) is 39.7 Å². The number of nitrogens with zero attached hydrogens (tertiary/aromatic N) is 7. The molecule has 3 heterocycles.